The van der Waals surface area contributed by atoms with E-state index >= 15 is 0 Å². The molecule has 1 aliphatic heterocycles. The summed E-state index contributed by atoms with van der Waals surface area (Å²) in [6.45, 7) is 1.42. The molecule has 128 valence electrons. The number of rotatable bonds is 11. The summed E-state index contributed by atoms with van der Waals surface area (Å²) in [5, 5.41) is 12.4. The minimum absolute atomic E-state index is 0.240. The smallest absolute Gasteiger partial charge is 0.407 e. The van der Waals surface area contributed by atoms with Gasteiger partial charge in [0.15, 0.2) is 0 Å². The molecule has 2 N–H and O–H groups in total. The quantitative estimate of drug-likeness (QED) is 0.485. The van der Waals surface area contributed by atoms with Crippen molar-refractivity contribution in [2.75, 3.05) is 13.2 Å². The third-order valence-corrected chi connectivity index (χ3v) is 3.91. The second kappa shape index (κ2) is 10.2. The Kier molecular flexibility index (Phi) is 7.90. The molecule has 5 nitrogen and oxygen atoms in total. The number of carbonyl (C=O) groups excluding carboxylic acids is 1. The van der Waals surface area contributed by atoms with Gasteiger partial charge in [0.2, 0.25) is 0 Å². The van der Waals surface area contributed by atoms with Crippen LogP contribution < -0.4 is 5.32 Å². The summed E-state index contributed by atoms with van der Waals surface area (Å²) in [4.78, 5) is 11.5. The van der Waals surface area contributed by atoms with E-state index in [2.05, 4.69) is 5.32 Å². The Morgan fingerprint density at radius 1 is 1.26 bits per heavy atom. The van der Waals surface area contributed by atoms with Crippen molar-refractivity contribution in [2.45, 2.75) is 57.3 Å². The number of hydrogen-bond acceptors (Lipinski definition) is 4. The molecule has 0 bridgehead atoms. The monoisotopic (exact) mass is 321 g/mol. The highest BCUT2D eigenvalue weighted by atomic mass is 16.6. The van der Waals surface area contributed by atoms with Crippen molar-refractivity contribution in [3.05, 3.63) is 35.9 Å². The van der Waals surface area contributed by atoms with Crippen LogP contribution in [0.3, 0.4) is 0 Å². The maximum Gasteiger partial charge on any atom is 0.407 e. The zero-order valence-corrected chi connectivity index (χ0v) is 13.6. The highest BCUT2D eigenvalue weighted by molar-refractivity contribution is 5.67. The first-order chi connectivity index (χ1) is 11.2. The Labute approximate surface area is 138 Å². The van der Waals surface area contributed by atoms with Crippen LogP contribution in [-0.2, 0) is 16.1 Å². The molecule has 0 saturated carbocycles. The minimum Gasteiger partial charge on any atom is -0.445 e. The van der Waals surface area contributed by atoms with Gasteiger partial charge in [0.05, 0.1) is 18.8 Å². The van der Waals surface area contributed by atoms with Gasteiger partial charge in [-0.2, -0.15) is 0 Å². The van der Waals surface area contributed by atoms with Crippen LogP contribution in [0, 0.1) is 0 Å². The van der Waals surface area contributed by atoms with Crippen LogP contribution in [0.5, 0.6) is 0 Å². The third-order valence-electron chi connectivity index (χ3n) is 3.91. The molecule has 0 aliphatic carbocycles. The van der Waals surface area contributed by atoms with E-state index in [1.165, 1.54) is 12.8 Å². The van der Waals surface area contributed by atoms with Crippen molar-refractivity contribution >= 4 is 6.09 Å². The molecule has 1 fully saturated rings. The number of aliphatic hydroxyl groups is 1. The molecule has 1 unspecified atom stereocenters. The van der Waals surface area contributed by atoms with E-state index in [0.717, 1.165) is 31.4 Å². The Hall–Kier alpha value is -1.59. The van der Waals surface area contributed by atoms with E-state index in [1.54, 1.807) is 0 Å². The van der Waals surface area contributed by atoms with Gasteiger partial charge >= 0.3 is 6.09 Å². The molecule has 1 heterocycles. The van der Waals surface area contributed by atoms with E-state index in [-0.39, 0.29) is 13.2 Å². The lowest BCUT2D eigenvalue weighted by Crippen LogP contribution is -2.32. The van der Waals surface area contributed by atoms with Crippen molar-refractivity contribution in [3.8, 4) is 0 Å². The van der Waals surface area contributed by atoms with Crippen LogP contribution in [0.4, 0.5) is 4.79 Å². The fourth-order valence-corrected chi connectivity index (χ4v) is 2.42. The number of amides is 1. The van der Waals surface area contributed by atoms with Gasteiger partial charge in [0.25, 0.3) is 0 Å². The third kappa shape index (κ3) is 8.57. The second-order valence-electron chi connectivity index (χ2n) is 6.04. The molecule has 1 amide bonds. The van der Waals surface area contributed by atoms with Gasteiger partial charge in [-0.1, -0.05) is 56.0 Å². The number of carbonyl (C=O) groups is 1. The Morgan fingerprint density at radius 2 is 2.00 bits per heavy atom. The van der Waals surface area contributed by atoms with Crippen LogP contribution in [0.15, 0.2) is 30.3 Å². The van der Waals surface area contributed by atoms with Gasteiger partial charge in [0.1, 0.15) is 6.61 Å². The molecule has 0 aromatic heterocycles. The Bertz CT molecular complexity index is 448. The van der Waals surface area contributed by atoms with Crippen molar-refractivity contribution in [2.24, 2.45) is 0 Å². The molecule has 23 heavy (non-hydrogen) atoms. The summed E-state index contributed by atoms with van der Waals surface area (Å²) in [7, 11) is 0. The molecule has 1 aromatic carbocycles. The number of epoxide rings is 1. The number of benzene rings is 1. The van der Waals surface area contributed by atoms with Crippen molar-refractivity contribution < 1.29 is 19.4 Å². The normalized spacial score (nSPS) is 17.5. The molecule has 2 atom stereocenters. The Balaban J connectivity index is 1.43. The first-order valence-corrected chi connectivity index (χ1v) is 8.48. The Morgan fingerprint density at radius 3 is 2.74 bits per heavy atom. The number of unbranched alkanes of at least 4 members (excludes halogenated alkanes) is 3. The summed E-state index contributed by atoms with van der Waals surface area (Å²) in [5.41, 5.74) is 0.944. The van der Waals surface area contributed by atoms with Crippen LogP contribution >= 0.6 is 0 Å². The molecule has 2 rings (SSSR count). The molecule has 1 aliphatic rings. The first-order valence-electron chi connectivity index (χ1n) is 8.48. The predicted octanol–water partition coefficient (Wildman–Crippen LogP) is 3.01. The zero-order chi connectivity index (χ0) is 16.3. The zero-order valence-electron chi connectivity index (χ0n) is 13.6. The van der Waals surface area contributed by atoms with E-state index in [0.29, 0.717) is 12.5 Å². The topological polar surface area (TPSA) is 71.1 Å². The lowest BCUT2D eigenvalue weighted by atomic mass is 10.1. The van der Waals surface area contributed by atoms with Crippen molar-refractivity contribution in [3.63, 3.8) is 0 Å². The maximum absolute atomic E-state index is 11.5. The van der Waals surface area contributed by atoms with Gasteiger partial charge in [-0.15, -0.1) is 0 Å². The molecule has 1 saturated heterocycles. The lowest BCUT2D eigenvalue weighted by Gasteiger charge is -2.12. The summed E-state index contributed by atoms with van der Waals surface area (Å²) in [5.74, 6) is 0. The fourth-order valence-electron chi connectivity index (χ4n) is 2.42. The van der Waals surface area contributed by atoms with Crippen LogP contribution in [-0.4, -0.2) is 36.6 Å². The SMILES string of the molecule is O=C(NCC(O)CCCCCC[C@H]1CO1)OCc1ccccc1. The molecular weight excluding hydrogens is 294 g/mol. The minimum atomic E-state index is -0.508. The average Bonchev–Trinajstić information content (AvgIpc) is 3.39. The number of ether oxygens (including phenoxy) is 2. The summed E-state index contributed by atoms with van der Waals surface area (Å²) < 4.78 is 10.3. The average molecular weight is 321 g/mol. The number of nitrogens with one attached hydrogen (secondary N) is 1. The highest BCUT2D eigenvalue weighted by Gasteiger charge is 2.20. The van der Waals surface area contributed by atoms with Crippen LogP contribution in [0.2, 0.25) is 0 Å². The molecule has 0 spiro atoms. The number of hydrogen-bond donors (Lipinski definition) is 2. The molecule has 0 radical (unpaired) electrons. The van der Waals surface area contributed by atoms with Crippen LogP contribution in [0.1, 0.15) is 44.1 Å². The van der Waals surface area contributed by atoms with Crippen molar-refractivity contribution in [1.82, 2.24) is 5.32 Å². The summed E-state index contributed by atoms with van der Waals surface area (Å²) in [6, 6.07) is 9.52. The summed E-state index contributed by atoms with van der Waals surface area (Å²) in [6.07, 6.45) is 5.87. The maximum atomic E-state index is 11.5. The lowest BCUT2D eigenvalue weighted by molar-refractivity contribution is 0.122. The first kappa shape index (κ1) is 17.8. The predicted molar refractivity (Wildman–Crippen MR) is 88.1 cm³/mol. The summed E-state index contributed by atoms with van der Waals surface area (Å²) >= 11 is 0. The second-order valence-corrected chi connectivity index (χ2v) is 6.04. The number of aliphatic hydroxyl groups excluding tert-OH is 1. The standard InChI is InChI=1S/C18H27NO4/c20-16(10-6-1-2-7-11-17-14-22-17)12-19-18(21)23-13-15-8-4-3-5-9-15/h3-5,8-9,16-17,20H,1-2,6-7,10-14H2,(H,19,21)/t16?,17-/m0/s1. The van der Waals surface area contributed by atoms with E-state index in [4.69, 9.17) is 9.47 Å². The largest absolute Gasteiger partial charge is 0.445 e. The van der Waals surface area contributed by atoms with E-state index in [1.807, 2.05) is 30.3 Å². The van der Waals surface area contributed by atoms with Gasteiger partial charge in [-0.25, -0.2) is 4.79 Å². The molecule has 1 aromatic rings. The van der Waals surface area contributed by atoms with Crippen LogP contribution in [0.25, 0.3) is 0 Å². The van der Waals surface area contributed by atoms with Gasteiger partial charge in [0, 0.05) is 6.54 Å². The number of alkyl carbamates (subject to hydrolysis) is 1. The van der Waals surface area contributed by atoms with E-state index < -0.39 is 12.2 Å². The van der Waals surface area contributed by atoms with Gasteiger partial charge < -0.3 is 19.9 Å². The van der Waals surface area contributed by atoms with Gasteiger partial charge in [-0.3, -0.25) is 0 Å². The molecule has 5 heteroatoms. The van der Waals surface area contributed by atoms with E-state index in [9.17, 15) is 9.90 Å². The fraction of sp³-hybridized carbons (Fsp3) is 0.611. The van der Waals surface area contributed by atoms with Gasteiger partial charge in [-0.05, 0) is 18.4 Å². The highest BCUT2D eigenvalue weighted by Crippen LogP contribution is 2.18. The molecular formula is C18H27NO4. The van der Waals surface area contributed by atoms with Crippen molar-refractivity contribution in [1.29, 1.82) is 0 Å².